The van der Waals surface area contributed by atoms with E-state index in [2.05, 4.69) is 27.5 Å². The summed E-state index contributed by atoms with van der Waals surface area (Å²) in [7, 11) is 3.56. The molecule has 7 nitrogen and oxygen atoms in total. The van der Waals surface area contributed by atoms with Crippen molar-refractivity contribution in [2.75, 3.05) is 33.9 Å². The number of hydrogen-bond donors (Lipinski definition) is 2. The summed E-state index contributed by atoms with van der Waals surface area (Å²) >= 11 is 0. The Bertz CT molecular complexity index is 851. The van der Waals surface area contributed by atoms with Crippen molar-refractivity contribution in [1.82, 2.24) is 15.6 Å². The SMILES string of the molecule is CCCOc1ccc(Oc2ncccc2CNC(=NC)NCC2(CCOC)CCC2)cc1. The van der Waals surface area contributed by atoms with Crippen LogP contribution in [0.3, 0.4) is 0 Å². The highest BCUT2D eigenvalue weighted by Crippen LogP contribution is 2.43. The van der Waals surface area contributed by atoms with Crippen LogP contribution < -0.4 is 20.1 Å². The number of aliphatic imine (C=N–C) groups is 1. The molecule has 2 aromatic rings. The molecule has 0 saturated heterocycles. The fourth-order valence-electron chi connectivity index (χ4n) is 3.77. The van der Waals surface area contributed by atoms with Crippen molar-refractivity contribution in [3.05, 3.63) is 48.2 Å². The van der Waals surface area contributed by atoms with Gasteiger partial charge >= 0.3 is 0 Å². The average Bonchev–Trinajstić information content (AvgIpc) is 2.80. The Morgan fingerprint density at radius 1 is 1.09 bits per heavy atom. The Kier molecular flexibility index (Phi) is 9.16. The minimum absolute atomic E-state index is 0.323. The largest absolute Gasteiger partial charge is 0.494 e. The molecule has 0 spiro atoms. The van der Waals surface area contributed by atoms with Crippen LogP contribution in [0.25, 0.3) is 0 Å². The van der Waals surface area contributed by atoms with E-state index >= 15 is 0 Å². The predicted octanol–water partition coefficient (Wildman–Crippen LogP) is 4.53. The lowest BCUT2D eigenvalue weighted by Gasteiger charge is -2.42. The number of rotatable bonds is 12. The first-order valence-electron chi connectivity index (χ1n) is 11.5. The summed E-state index contributed by atoms with van der Waals surface area (Å²) in [5, 5.41) is 6.88. The smallest absolute Gasteiger partial charge is 0.224 e. The molecule has 1 fully saturated rings. The Labute approximate surface area is 191 Å². The quantitative estimate of drug-likeness (QED) is 0.373. The van der Waals surface area contributed by atoms with Gasteiger partial charge < -0.3 is 24.8 Å². The number of benzene rings is 1. The first-order chi connectivity index (χ1) is 15.7. The lowest BCUT2D eigenvalue weighted by atomic mass is 9.67. The normalized spacial score (nSPS) is 15.0. The van der Waals surface area contributed by atoms with Gasteiger partial charge in [0, 0.05) is 45.6 Å². The van der Waals surface area contributed by atoms with Crippen LogP contribution in [0.4, 0.5) is 0 Å². The molecule has 174 valence electrons. The van der Waals surface area contributed by atoms with Gasteiger partial charge in [0.1, 0.15) is 11.5 Å². The number of nitrogens with zero attached hydrogens (tertiary/aromatic N) is 2. The van der Waals surface area contributed by atoms with Gasteiger partial charge in [0.25, 0.3) is 0 Å². The Morgan fingerprint density at radius 3 is 2.53 bits per heavy atom. The number of pyridine rings is 1. The second-order valence-electron chi connectivity index (χ2n) is 8.27. The zero-order valence-electron chi connectivity index (χ0n) is 19.5. The summed E-state index contributed by atoms with van der Waals surface area (Å²) < 4.78 is 17.0. The van der Waals surface area contributed by atoms with Crippen molar-refractivity contribution < 1.29 is 14.2 Å². The minimum atomic E-state index is 0.323. The Balaban J connectivity index is 1.54. The van der Waals surface area contributed by atoms with Gasteiger partial charge in [-0.3, -0.25) is 4.99 Å². The molecule has 1 saturated carbocycles. The molecule has 1 aromatic carbocycles. The fraction of sp³-hybridized carbons (Fsp3) is 0.520. The molecule has 7 heteroatoms. The Hall–Kier alpha value is -2.80. The molecule has 0 radical (unpaired) electrons. The number of aromatic nitrogens is 1. The molecule has 0 aliphatic heterocycles. The van der Waals surface area contributed by atoms with Gasteiger partial charge in [-0.2, -0.15) is 0 Å². The molecule has 32 heavy (non-hydrogen) atoms. The second-order valence-corrected chi connectivity index (χ2v) is 8.27. The van der Waals surface area contributed by atoms with E-state index in [4.69, 9.17) is 14.2 Å². The maximum absolute atomic E-state index is 6.04. The number of methoxy groups -OCH3 is 1. The monoisotopic (exact) mass is 440 g/mol. The van der Waals surface area contributed by atoms with Gasteiger partial charge in [0.05, 0.1) is 6.61 Å². The molecule has 0 unspecified atom stereocenters. The molecule has 1 heterocycles. The first-order valence-corrected chi connectivity index (χ1v) is 11.5. The highest BCUT2D eigenvalue weighted by Gasteiger charge is 2.36. The zero-order chi connectivity index (χ0) is 22.7. The van der Waals surface area contributed by atoms with E-state index in [1.807, 2.05) is 36.4 Å². The zero-order valence-corrected chi connectivity index (χ0v) is 19.5. The van der Waals surface area contributed by atoms with Crippen LogP contribution in [0.1, 0.15) is 44.6 Å². The maximum Gasteiger partial charge on any atom is 0.224 e. The van der Waals surface area contributed by atoms with E-state index in [0.29, 0.717) is 24.4 Å². The van der Waals surface area contributed by atoms with Gasteiger partial charge in [0.2, 0.25) is 5.88 Å². The standard InChI is InChI=1S/C25H36N4O3/c1-4-16-31-21-8-10-22(11-9-21)32-23-20(7-5-15-27-23)18-28-24(26-2)29-19-25(12-6-13-25)14-17-30-3/h5,7-11,15H,4,6,12-14,16-19H2,1-3H3,(H2,26,28,29). The molecule has 0 bridgehead atoms. The topological polar surface area (TPSA) is 77.0 Å². The lowest BCUT2D eigenvalue weighted by molar-refractivity contribution is 0.0732. The summed E-state index contributed by atoms with van der Waals surface area (Å²) in [5.41, 5.74) is 1.28. The molecule has 2 N–H and O–H groups in total. The molecular formula is C25H36N4O3. The third kappa shape index (κ3) is 6.85. The van der Waals surface area contributed by atoms with Crippen LogP contribution in [-0.4, -0.2) is 44.9 Å². The van der Waals surface area contributed by atoms with Gasteiger partial charge in [-0.1, -0.05) is 19.4 Å². The molecule has 1 aromatic heterocycles. The highest BCUT2D eigenvalue weighted by atomic mass is 16.5. The molecule has 0 amide bonds. The van der Waals surface area contributed by atoms with Crippen molar-refractivity contribution in [3.63, 3.8) is 0 Å². The third-order valence-electron chi connectivity index (χ3n) is 5.91. The van der Waals surface area contributed by atoms with Crippen molar-refractivity contribution in [2.24, 2.45) is 10.4 Å². The molecule has 3 rings (SSSR count). The number of hydrogen-bond acceptors (Lipinski definition) is 5. The van der Waals surface area contributed by atoms with Crippen LogP contribution in [0, 0.1) is 5.41 Å². The van der Waals surface area contributed by atoms with Gasteiger partial charge in [-0.05, 0) is 61.4 Å². The van der Waals surface area contributed by atoms with Crippen LogP contribution >= 0.6 is 0 Å². The van der Waals surface area contributed by atoms with Crippen molar-refractivity contribution in [3.8, 4) is 17.4 Å². The summed E-state index contributed by atoms with van der Waals surface area (Å²) in [5.74, 6) is 2.92. The van der Waals surface area contributed by atoms with Gasteiger partial charge in [-0.25, -0.2) is 4.98 Å². The summed E-state index contributed by atoms with van der Waals surface area (Å²) in [6, 6.07) is 11.5. The van der Waals surface area contributed by atoms with Gasteiger partial charge in [-0.15, -0.1) is 0 Å². The molecule has 1 aliphatic rings. The third-order valence-corrected chi connectivity index (χ3v) is 5.91. The lowest BCUT2D eigenvalue weighted by Crippen LogP contribution is -2.46. The number of nitrogens with one attached hydrogen (secondary N) is 2. The predicted molar refractivity (Wildman–Crippen MR) is 128 cm³/mol. The Morgan fingerprint density at radius 2 is 1.88 bits per heavy atom. The van der Waals surface area contributed by atoms with Crippen molar-refractivity contribution in [1.29, 1.82) is 0 Å². The van der Waals surface area contributed by atoms with Crippen LogP contribution in [-0.2, 0) is 11.3 Å². The minimum Gasteiger partial charge on any atom is -0.494 e. The van der Waals surface area contributed by atoms with Crippen LogP contribution in [0.5, 0.6) is 17.4 Å². The van der Waals surface area contributed by atoms with Crippen molar-refractivity contribution >= 4 is 5.96 Å². The van der Waals surface area contributed by atoms with E-state index < -0.39 is 0 Å². The van der Waals surface area contributed by atoms with Crippen molar-refractivity contribution in [2.45, 2.75) is 45.6 Å². The molecule has 1 aliphatic carbocycles. The van der Waals surface area contributed by atoms with E-state index in [9.17, 15) is 0 Å². The van der Waals surface area contributed by atoms with E-state index in [0.717, 1.165) is 49.0 Å². The molecular weight excluding hydrogens is 404 g/mol. The van der Waals surface area contributed by atoms with E-state index in [-0.39, 0.29) is 0 Å². The fourth-order valence-corrected chi connectivity index (χ4v) is 3.77. The summed E-state index contributed by atoms with van der Waals surface area (Å²) in [4.78, 5) is 8.80. The highest BCUT2D eigenvalue weighted by molar-refractivity contribution is 5.79. The van der Waals surface area contributed by atoms with E-state index in [1.54, 1.807) is 20.4 Å². The molecule has 0 atom stereocenters. The number of ether oxygens (including phenoxy) is 3. The van der Waals surface area contributed by atoms with E-state index in [1.165, 1.54) is 19.3 Å². The first kappa shape index (κ1) is 23.9. The van der Waals surface area contributed by atoms with Crippen LogP contribution in [0.15, 0.2) is 47.6 Å². The maximum atomic E-state index is 6.04. The summed E-state index contributed by atoms with van der Waals surface area (Å²) in [6.07, 6.45) is 7.57. The summed E-state index contributed by atoms with van der Waals surface area (Å²) in [6.45, 7) is 5.06. The van der Waals surface area contributed by atoms with Gasteiger partial charge in [0.15, 0.2) is 5.96 Å². The second kappa shape index (κ2) is 12.3. The number of guanidine groups is 1. The van der Waals surface area contributed by atoms with Crippen LogP contribution in [0.2, 0.25) is 0 Å². The average molecular weight is 441 g/mol.